The van der Waals surface area contributed by atoms with Crippen molar-refractivity contribution in [1.29, 1.82) is 0 Å². The summed E-state index contributed by atoms with van der Waals surface area (Å²) >= 11 is 3.37. The summed E-state index contributed by atoms with van der Waals surface area (Å²) < 4.78 is 28.9. The van der Waals surface area contributed by atoms with Gasteiger partial charge in [-0.05, 0) is 29.4 Å². The van der Waals surface area contributed by atoms with Crippen LogP contribution in [-0.4, -0.2) is 64.3 Å². The zero-order valence-corrected chi connectivity index (χ0v) is 20.3. The van der Waals surface area contributed by atoms with Crippen molar-refractivity contribution < 1.29 is 18.4 Å². The van der Waals surface area contributed by atoms with E-state index in [4.69, 9.17) is 16.3 Å². The lowest BCUT2D eigenvalue weighted by Crippen LogP contribution is -2.44. The van der Waals surface area contributed by atoms with E-state index in [0.29, 0.717) is 11.3 Å². The Hall–Kier alpha value is -2.72. The molecule has 3 aromatic carbocycles. The molecule has 1 saturated heterocycles. The Morgan fingerprint density at radius 1 is 1.12 bits per heavy atom. The van der Waals surface area contributed by atoms with Crippen molar-refractivity contribution in [2.75, 3.05) is 50.6 Å². The lowest BCUT2D eigenvalue weighted by atomic mass is 9.96. The highest BCUT2D eigenvalue weighted by atomic mass is 35.5. The number of nitro benzene ring substituents is 1. The monoisotopic (exact) mass is 503 g/mol. The number of piperazine rings is 1. The molecule has 1 aliphatic rings. The Morgan fingerprint density at radius 2 is 1.82 bits per heavy atom. The highest BCUT2D eigenvalue weighted by Gasteiger charge is 2.34. The molecule has 0 aliphatic carbocycles. The van der Waals surface area contributed by atoms with Crippen LogP contribution in [0.4, 0.5) is 11.4 Å². The molecule has 0 saturated carbocycles. The number of likely N-dealkylation sites (N-methyl/N-ethyl adjacent to an activating group) is 1. The van der Waals surface area contributed by atoms with Crippen LogP contribution in [0.15, 0.2) is 54.6 Å². The third-order valence-electron chi connectivity index (χ3n) is 6.06. The maximum atomic E-state index is 12.8. The minimum absolute atomic E-state index is 0.0489. The van der Waals surface area contributed by atoms with Crippen molar-refractivity contribution in [2.24, 2.45) is 0 Å². The average molecular weight is 504 g/mol. The van der Waals surface area contributed by atoms with Gasteiger partial charge in [-0.15, -0.1) is 11.6 Å². The SMILES string of the molecule is CN1CCN(c2cc(OCCCl)c([N+](=O)[O-])c(C(c3cccc4ccccc34)S(=O)O)c2)CC1. The first-order valence-corrected chi connectivity index (χ1v) is 12.6. The molecule has 180 valence electrons. The maximum Gasteiger partial charge on any atom is 0.315 e. The summed E-state index contributed by atoms with van der Waals surface area (Å²) in [6.07, 6.45) is 0. The molecule has 4 rings (SSSR count). The van der Waals surface area contributed by atoms with Crippen LogP contribution in [0.3, 0.4) is 0 Å². The van der Waals surface area contributed by atoms with E-state index in [9.17, 15) is 18.9 Å². The van der Waals surface area contributed by atoms with Crippen LogP contribution in [-0.2, 0) is 11.1 Å². The van der Waals surface area contributed by atoms with Gasteiger partial charge in [-0.2, -0.15) is 0 Å². The van der Waals surface area contributed by atoms with E-state index in [1.165, 1.54) is 0 Å². The second-order valence-electron chi connectivity index (χ2n) is 8.19. The number of ether oxygens (including phenoxy) is 1. The highest BCUT2D eigenvalue weighted by Crippen LogP contribution is 2.44. The number of benzene rings is 3. The van der Waals surface area contributed by atoms with E-state index in [0.717, 1.165) is 37.0 Å². The molecule has 10 heteroatoms. The number of nitrogens with zero attached hydrogens (tertiary/aromatic N) is 3. The van der Waals surface area contributed by atoms with Crippen LogP contribution in [0.1, 0.15) is 16.4 Å². The summed E-state index contributed by atoms with van der Waals surface area (Å²) in [4.78, 5) is 16.0. The fourth-order valence-corrected chi connectivity index (χ4v) is 5.28. The Balaban J connectivity index is 1.94. The van der Waals surface area contributed by atoms with E-state index in [-0.39, 0.29) is 29.5 Å². The molecule has 0 bridgehead atoms. The Kier molecular flexibility index (Phi) is 7.67. The molecule has 1 aliphatic heterocycles. The number of anilines is 1. The quantitative estimate of drug-likeness (QED) is 0.210. The number of halogens is 1. The number of rotatable bonds is 8. The summed E-state index contributed by atoms with van der Waals surface area (Å²) in [6.45, 7) is 3.20. The van der Waals surface area contributed by atoms with E-state index in [2.05, 4.69) is 9.80 Å². The number of alkyl halides is 1. The zero-order valence-electron chi connectivity index (χ0n) is 18.7. The first kappa shape index (κ1) is 24.4. The predicted octanol–water partition coefficient (Wildman–Crippen LogP) is 4.43. The normalized spacial score (nSPS) is 16.4. The summed E-state index contributed by atoms with van der Waals surface area (Å²) in [5.41, 5.74) is 1.08. The molecule has 2 unspecified atom stereocenters. The first-order chi connectivity index (χ1) is 16.4. The largest absolute Gasteiger partial charge is 0.485 e. The molecule has 3 aromatic rings. The molecular weight excluding hydrogens is 478 g/mol. The topological polar surface area (TPSA) is 96.1 Å². The second kappa shape index (κ2) is 10.7. The van der Waals surface area contributed by atoms with Gasteiger partial charge in [-0.3, -0.25) is 10.1 Å². The van der Waals surface area contributed by atoms with Crippen molar-refractivity contribution in [3.8, 4) is 5.75 Å². The zero-order chi connectivity index (χ0) is 24.2. The van der Waals surface area contributed by atoms with Crippen LogP contribution in [0, 0.1) is 10.1 Å². The van der Waals surface area contributed by atoms with E-state index in [1.54, 1.807) is 24.3 Å². The molecule has 0 aromatic heterocycles. The van der Waals surface area contributed by atoms with Gasteiger partial charge in [0, 0.05) is 37.9 Å². The smallest absolute Gasteiger partial charge is 0.315 e. The first-order valence-electron chi connectivity index (χ1n) is 10.9. The molecule has 1 fully saturated rings. The van der Waals surface area contributed by atoms with Crippen LogP contribution >= 0.6 is 11.6 Å². The highest BCUT2D eigenvalue weighted by molar-refractivity contribution is 7.79. The third-order valence-corrected chi connectivity index (χ3v) is 7.13. The molecule has 8 nitrogen and oxygen atoms in total. The van der Waals surface area contributed by atoms with Crippen molar-refractivity contribution in [3.63, 3.8) is 0 Å². The van der Waals surface area contributed by atoms with Crippen molar-refractivity contribution in [3.05, 3.63) is 75.8 Å². The lowest BCUT2D eigenvalue weighted by Gasteiger charge is -2.34. The summed E-state index contributed by atoms with van der Waals surface area (Å²) in [5.74, 6) is 0.206. The number of fused-ring (bicyclic) bond motifs is 1. The van der Waals surface area contributed by atoms with Gasteiger partial charge in [0.15, 0.2) is 16.8 Å². The van der Waals surface area contributed by atoms with E-state index >= 15 is 0 Å². The summed E-state index contributed by atoms with van der Waals surface area (Å²) in [7, 11) is 2.04. The lowest BCUT2D eigenvalue weighted by molar-refractivity contribution is -0.386. The number of nitro groups is 1. The van der Waals surface area contributed by atoms with Crippen molar-refractivity contribution in [2.45, 2.75) is 5.25 Å². The average Bonchev–Trinajstić information content (AvgIpc) is 2.83. The molecule has 34 heavy (non-hydrogen) atoms. The van der Waals surface area contributed by atoms with E-state index in [1.807, 2.05) is 37.4 Å². The molecule has 0 spiro atoms. The van der Waals surface area contributed by atoms with Crippen LogP contribution in [0.2, 0.25) is 0 Å². The molecule has 2 atom stereocenters. The minimum atomic E-state index is -2.43. The Bertz CT molecular complexity index is 1210. The third kappa shape index (κ3) is 5.02. The Labute approximate surface area is 205 Å². The molecular formula is C24H26ClN3O5S. The van der Waals surface area contributed by atoms with Crippen molar-refractivity contribution in [1.82, 2.24) is 4.90 Å². The molecule has 0 radical (unpaired) electrons. The minimum Gasteiger partial charge on any atom is -0.485 e. The molecule has 1 N–H and O–H groups in total. The predicted molar refractivity (Wildman–Crippen MR) is 136 cm³/mol. The standard InChI is InChI=1S/C24H26ClN3O5S/c1-26-10-12-27(13-11-26)18-15-21(23(28(29)30)22(16-18)33-14-9-25)24(34(31)32)20-8-4-6-17-5-2-3-7-19(17)20/h2-8,15-16,24H,9-14H2,1H3,(H,31,32). The van der Waals surface area contributed by atoms with Gasteiger partial charge in [0.25, 0.3) is 0 Å². The van der Waals surface area contributed by atoms with Gasteiger partial charge in [0.1, 0.15) is 11.9 Å². The maximum absolute atomic E-state index is 12.8. The number of hydrogen-bond donors (Lipinski definition) is 1. The Morgan fingerprint density at radius 3 is 2.50 bits per heavy atom. The second-order valence-corrected chi connectivity index (χ2v) is 9.59. The van der Waals surface area contributed by atoms with Crippen LogP contribution in [0.5, 0.6) is 5.75 Å². The van der Waals surface area contributed by atoms with Gasteiger partial charge in [0.2, 0.25) is 0 Å². The molecule has 0 amide bonds. The summed E-state index contributed by atoms with van der Waals surface area (Å²) in [6, 6.07) is 16.2. The van der Waals surface area contributed by atoms with Gasteiger partial charge < -0.3 is 19.1 Å². The van der Waals surface area contributed by atoms with Gasteiger partial charge in [0.05, 0.1) is 16.4 Å². The summed E-state index contributed by atoms with van der Waals surface area (Å²) in [5, 5.41) is 12.8. The van der Waals surface area contributed by atoms with Gasteiger partial charge in [-0.25, -0.2) is 4.21 Å². The fourth-order valence-electron chi connectivity index (χ4n) is 4.38. The van der Waals surface area contributed by atoms with Gasteiger partial charge >= 0.3 is 5.69 Å². The molecule has 1 heterocycles. The van der Waals surface area contributed by atoms with Crippen molar-refractivity contribution >= 4 is 44.8 Å². The number of hydrogen-bond acceptors (Lipinski definition) is 6. The fraction of sp³-hybridized carbons (Fsp3) is 0.333. The van der Waals surface area contributed by atoms with E-state index < -0.39 is 21.3 Å². The van der Waals surface area contributed by atoms with Crippen LogP contribution in [0.25, 0.3) is 10.8 Å². The van der Waals surface area contributed by atoms with Crippen LogP contribution < -0.4 is 9.64 Å². The van der Waals surface area contributed by atoms with Gasteiger partial charge in [-0.1, -0.05) is 42.5 Å².